The summed E-state index contributed by atoms with van der Waals surface area (Å²) >= 11 is 9.84. The van der Waals surface area contributed by atoms with Gasteiger partial charge in [-0.15, -0.1) is 0 Å². The van der Waals surface area contributed by atoms with Crippen molar-refractivity contribution < 1.29 is 0 Å². The van der Waals surface area contributed by atoms with Gasteiger partial charge in [0.2, 0.25) is 0 Å². The molecule has 18 heavy (non-hydrogen) atoms. The lowest BCUT2D eigenvalue weighted by Gasteiger charge is -2.16. The molecule has 96 valence electrons. The highest BCUT2D eigenvalue weighted by Gasteiger charge is 2.13. The van der Waals surface area contributed by atoms with Crippen molar-refractivity contribution in [1.29, 1.82) is 0 Å². The Morgan fingerprint density at radius 2 is 2.06 bits per heavy atom. The number of fused-ring (bicyclic) bond motifs is 1. The lowest BCUT2D eigenvalue weighted by molar-refractivity contribution is 0.977. The smallest absolute Gasteiger partial charge is 0.0923 e. The Morgan fingerprint density at radius 1 is 1.33 bits per heavy atom. The topological polar surface area (TPSA) is 24.9 Å². The van der Waals surface area contributed by atoms with Gasteiger partial charge in [-0.3, -0.25) is 4.98 Å². The lowest BCUT2D eigenvalue weighted by atomic mass is 10.1. The zero-order valence-electron chi connectivity index (χ0n) is 10.8. The number of hydrogen-bond donors (Lipinski definition) is 1. The Kier molecular flexibility index (Phi) is 4.13. The normalized spacial score (nSPS) is 10.9. The van der Waals surface area contributed by atoms with Crippen LogP contribution in [0.15, 0.2) is 16.6 Å². The maximum Gasteiger partial charge on any atom is 0.0923 e. The second-order valence-corrected chi connectivity index (χ2v) is 5.64. The molecule has 1 aromatic heterocycles. The largest absolute Gasteiger partial charge is 0.384 e. The Labute approximate surface area is 121 Å². The van der Waals surface area contributed by atoms with Gasteiger partial charge in [0.1, 0.15) is 0 Å². The Balaban J connectivity index is 2.79. The predicted octanol–water partition coefficient (Wildman–Crippen LogP) is 5.09. The summed E-state index contributed by atoms with van der Waals surface area (Å²) in [6.45, 7) is 7.20. The maximum atomic E-state index is 6.25. The number of benzene rings is 1. The molecule has 0 radical (unpaired) electrons. The standard InChI is InChI=1S/C14H16BrClN2/c1-4-7-17-13-8(2)9(3)18-14-11(16)6-5-10(15)12(13)14/h5-6H,4,7H2,1-3H3,(H,17,18). The lowest BCUT2D eigenvalue weighted by Crippen LogP contribution is -2.05. The van der Waals surface area contributed by atoms with Crippen molar-refractivity contribution in [2.45, 2.75) is 27.2 Å². The molecule has 1 N–H and O–H groups in total. The third-order valence-electron chi connectivity index (χ3n) is 3.08. The first-order valence-electron chi connectivity index (χ1n) is 6.05. The quantitative estimate of drug-likeness (QED) is 0.849. The molecule has 0 aliphatic heterocycles. The molecule has 0 aliphatic rings. The number of pyridine rings is 1. The molecule has 0 saturated carbocycles. The van der Waals surface area contributed by atoms with Crippen molar-refractivity contribution in [3.8, 4) is 0 Å². The molecule has 0 bridgehead atoms. The number of aromatic nitrogens is 1. The molecule has 0 amide bonds. The van der Waals surface area contributed by atoms with Crippen LogP contribution in [-0.4, -0.2) is 11.5 Å². The maximum absolute atomic E-state index is 6.25. The molecule has 1 aromatic carbocycles. The van der Waals surface area contributed by atoms with Crippen molar-refractivity contribution in [3.05, 3.63) is 32.9 Å². The minimum absolute atomic E-state index is 0.691. The van der Waals surface area contributed by atoms with Crippen LogP contribution in [0.3, 0.4) is 0 Å². The minimum atomic E-state index is 0.691. The van der Waals surface area contributed by atoms with Crippen molar-refractivity contribution in [2.24, 2.45) is 0 Å². The summed E-state index contributed by atoms with van der Waals surface area (Å²) in [5, 5.41) is 5.25. The van der Waals surface area contributed by atoms with Gasteiger partial charge in [-0.25, -0.2) is 0 Å². The Morgan fingerprint density at radius 3 is 2.72 bits per heavy atom. The van der Waals surface area contributed by atoms with E-state index in [2.05, 4.69) is 40.1 Å². The van der Waals surface area contributed by atoms with Gasteiger partial charge in [0.25, 0.3) is 0 Å². The monoisotopic (exact) mass is 326 g/mol. The molecule has 0 aliphatic carbocycles. The highest BCUT2D eigenvalue weighted by molar-refractivity contribution is 9.10. The summed E-state index contributed by atoms with van der Waals surface area (Å²) in [6.07, 6.45) is 1.08. The van der Waals surface area contributed by atoms with Gasteiger partial charge in [0.05, 0.1) is 10.5 Å². The van der Waals surface area contributed by atoms with E-state index in [1.807, 2.05) is 19.1 Å². The first-order valence-corrected chi connectivity index (χ1v) is 7.22. The molecule has 1 heterocycles. The number of nitrogens with one attached hydrogen (secondary N) is 1. The molecule has 0 spiro atoms. The summed E-state index contributed by atoms with van der Waals surface area (Å²) in [6, 6.07) is 3.84. The molecular weight excluding hydrogens is 312 g/mol. The predicted molar refractivity (Wildman–Crippen MR) is 82.7 cm³/mol. The number of halogens is 2. The van der Waals surface area contributed by atoms with Gasteiger partial charge < -0.3 is 5.32 Å². The van der Waals surface area contributed by atoms with Gasteiger partial charge in [-0.2, -0.15) is 0 Å². The first-order chi connectivity index (χ1) is 8.56. The van der Waals surface area contributed by atoms with E-state index in [1.165, 1.54) is 5.56 Å². The van der Waals surface area contributed by atoms with E-state index < -0.39 is 0 Å². The number of anilines is 1. The fourth-order valence-corrected chi connectivity index (χ4v) is 2.70. The Hall–Kier alpha value is -0.800. The number of aryl methyl sites for hydroxylation is 1. The van der Waals surface area contributed by atoms with E-state index in [0.29, 0.717) is 5.02 Å². The van der Waals surface area contributed by atoms with Gasteiger partial charge >= 0.3 is 0 Å². The highest BCUT2D eigenvalue weighted by Crippen LogP contribution is 2.36. The molecule has 2 aromatic rings. The first kappa shape index (κ1) is 13.6. The van der Waals surface area contributed by atoms with Crippen LogP contribution in [0.1, 0.15) is 24.6 Å². The molecule has 0 saturated heterocycles. The second kappa shape index (κ2) is 5.45. The van der Waals surface area contributed by atoms with Crippen molar-refractivity contribution >= 4 is 44.1 Å². The third-order valence-corrected chi connectivity index (χ3v) is 4.04. The second-order valence-electron chi connectivity index (χ2n) is 4.38. The van der Waals surface area contributed by atoms with Gasteiger partial charge in [-0.05, 0) is 38.0 Å². The van der Waals surface area contributed by atoms with Crippen molar-refractivity contribution in [2.75, 3.05) is 11.9 Å². The van der Waals surface area contributed by atoms with Gasteiger partial charge in [-0.1, -0.05) is 34.5 Å². The van der Waals surface area contributed by atoms with Crippen LogP contribution in [-0.2, 0) is 0 Å². The van der Waals surface area contributed by atoms with E-state index in [1.54, 1.807) is 0 Å². The number of nitrogens with zero attached hydrogens (tertiary/aromatic N) is 1. The summed E-state index contributed by atoms with van der Waals surface area (Å²) in [5.41, 5.74) is 4.18. The Bertz CT molecular complexity index is 596. The van der Waals surface area contributed by atoms with E-state index in [9.17, 15) is 0 Å². The van der Waals surface area contributed by atoms with Crippen LogP contribution < -0.4 is 5.32 Å². The molecule has 4 heteroatoms. The van der Waals surface area contributed by atoms with E-state index >= 15 is 0 Å². The van der Waals surface area contributed by atoms with Crippen LogP contribution in [0.2, 0.25) is 5.02 Å². The zero-order chi connectivity index (χ0) is 13.3. The van der Waals surface area contributed by atoms with Gasteiger partial charge in [0.15, 0.2) is 0 Å². The van der Waals surface area contributed by atoms with Crippen LogP contribution >= 0.6 is 27.5 Å². The molecule has 2 rings (SSSR count). The summed E-state index contributed by atoms with van der Waals surface area (Å²) in [5.74, 6) is 0. The third kappa shape index (κ3) is 2.34. The number of hydrogen-bond acceptors (Lipinski definition) is 2. The van der Waals surface area contributed by atoms with Crippen molar-refractivity contribution in [1.82, 2.24) is 4.98 Å². The molecule has 0 atom stereocenters. The molecule has 2 nitrogen and oxygen atoms in total. The molecule has 0 fully saturated rings. The van der Waals surface area contributed by atoms with Gasteiger partial charge in [0, 0.05) is 27.8 Å². The van der Waals surface area contributed by atoms with E-state index in [4.69, 9.17) is 11.6 Å². The van der Waals surface area contributed by atoms with Crippen LogP contribution in [0.5, 0.6) is 0 Å². The van der Waals surface area contributed by atoms with Crippen molar-refractivity contribution in [3.63, 3.8) is 0 Å². The molecule has 0 unspecified atom stereocenters. The SMILES string of the molecule is CCCNc1c(C)c(C)nc2c(Cl)ccc(Br)c12. The fourth-order valence-electron chi connectivity index (χ4n) is 1.98. The summed E-state index contributed by atoms with van der Waals surface area (Å²) < 4.78 is 1.02. The zero-order valence-corrected chi connectivity index (χ0v) is 13.1. The van der Waals surface area contributed by atoms with Crippen LogP contribution in [0.25, 0.3) is 10.9 Å². The fraction of sp³-hybridized carbons (Fsp3) is 0.357. The minimum Gasteiger partial charge on any atom is -0.384 e. The van der Waals surface area contributed by atoms with E-state index in [-0.39, 0.29) is 0 Å². The van der Waals surface area contributed by atoms with E-state index in [0.717, 1.165) is 39.7 Å². The molecular formula is C14H16BrClN2. The highest BCUT2D eigenvalue weighted by atomic mass is 79.9. The van der Waals surface area contributed by atoms with Crippen LogP contribution in [0, 0.1) is 13.8 Å². The van der Waals surface area contributed by atoms with Crippen LogP contribution in [0.4, 0.5) is 5.69 Å². The number of rotatable bonds is 3. The average molecular weight is 328 g/mol. The summed E-state index contributed by atoms with van der Waals surface area (Å²) in [7, 11) is 0. The average Bonchev–Trinajstić information content (AvgIpc) is 2.35. The summed E-state index contributed by atoms with van der Waals surface area (Å²) in [4.78, 5) is 4.60.